The number of carbonyl (C=O) groups is 2. The molecule has 4 aliphatic heterocycles. The first-order valence-electron chi connectivity index (χ1n) is 17.1. The second-order valence-corrected chi connectivity index (χ2v) is 15.1. The SMILES string of the molecule is CC[C@@H]1OC(=O)[C@H](C)[C@@H](O)[C@H](C)[C@H](O[C@@H]2O[C@H](C)C[C@H](N(C)C)[C@H]2O)[C@](C)(OC)C[C@@H](C)C2=N[C@@H](C)CN3C(=O)O[C@@]1(C)[C@H]3[C@H]2C. The highest BCUT2D eigenvalue weighted by Gasteiger charge is 2.60. The number of methoxy groups -OCH3 is 1. The number of esters is 1. The van der Waals surface area contributed by atoms with E-state index in [1.165, 1.54) is 0 Å². The van der Waals surface area contributed by atoms with Crippen LogP contribution < -0.4 is 0 Å². The van der Waals surface area contributed by atoms with Crippen LogP contribution >= 0.6 is 0 Å². The van der Waals surface area contributed by atoms with E-state index in [1.807, 2.05) is 60.5 Å². The number of fused-ring (bicyclic) bond motifs is 1. The molecule has 0 aromatic heterocycles. The Hall–Kier alpha value is -1.83. The number of cyclic esters (lactones) is 1. The minimum absolute atomic E-state index is 0.133. The lowest BCUT2D eigenvalue weighted by Gasteiger charge is -2.48. The summed E-state index contributed by atoms with van der Waals surface area (Å²) in [5.74, 6) is -2.54. The highest BCUT2D eigenvalue weighted by molar-refractivity contribution is 5.91. The molecule has 12 heteroatoms. The molecule has 2 N–H and O–H groups in total. The normalized spacial score (nSPS) is 47.5. The Bertz CT molecular complexity index is 1140. The lowest BCUT2D eigenvalue weighted by atomic mass is 9.72. The number of hydrogen-bond acceptors (Lipinski definition) is 11. The molecular formula is C34H59N3O9. The van der Waals surface area contributed by atoms with Gasteiger partial charge in [-0.2, -0.15) is 0 Å². The van der Waals surface area contributed by atoms with E-state index in [0.29, 0.717) is 25.8 Å². The molecule has 12 nitrogen and oxygen atoms in total. The van der Waals surface area contributed by atoms with Gasteiger partial charge in [0.05, 0.1) is 41.9 Å². The summed E-state index contributed by atoms with van der Waals surface area (Å²) >= 11 is 0. The number of aliphatic imine (C=N–C) groups is 1. The number of aliphatic hydroxyl groups is 2. The molecule has 2 bridgehead atoms. The van der Waals surface area contributed by atoms with E-state index in [-0.39, 0.29) is 30.0 Å². The zero-order valence-corrected chi connectivity index (χ0v) is 29.9. The molecular weight excluding hydrogens is 594 g/mol. The third-order valence-electron chi connectivity index (χ3n) is 11.2. The Morgan fingerprint density at radius 2 is 1.70 bits per heavy atom. The fourth-order valence-corrected chi connectivity index (χ4v) is 8.65. The number of aliphatic hydroxyl groups excluding tert-OH is 2. The summed E-state index contributed by atoms with van der Waals surface area (Å²) in [6.07, 6.45) is -3.81. The molecule has 0 aliphatic carbocycles. The largest absolute Gasteiger partial charge is 0.458 e. The lowest BCUT2D eigenvalue weighted by molar-refractivity contribution is -0.301. The number of amides is 1. The first-order chi connectivity index (χ1) is 21.4. The molecule has 3 saturated heterocycles. The summed E-state index contributed by atoms with van der Waals surface area (Å²) in [7, 11) is 5.44. The molecule has 264 valence electrons. The topological polar surface area (TPSA) is 140 Å². The molecule has 4 heterocycles. The van der Waals surface area contributed by atoms with Gasteiger partial charge in [0.25, 0.3) is 0 Å². The van der Waals surface area contributed by atoms with E-state index in [1.54, 1.807) is 18.9 Å². The molecule has 4 aliphatic rings. The predicted octanol–water partition coefficient (Wildman–Crippen LogP) is 3.26. The van der Waals surface area contributed by atoms with Gasteiger partial charge in [-0.15, -0.1) is 0 Å². The Balaban J connectivity index is 1.82. The quantitative estimate of drug-likeness (QED) is 0.425. The molecule has 0 aromatic carbocycles. The highest BCUT2D eigenvalue weighted by Crippen LogP contribution is 2.44. The number of ether oxygens (including phenoxy) is 5. The molecule has 46 heavy (non-hydrogen) atoms. The van der Waals surface area contributed by atoms with Crippen molar-refractivity contribution in [3.05, 3.63) is 0 Å². The fourth-order valence-electron chi connectivity index (χ4n) is 8.65. The van der Waals surface area contributed by atoms with E-state index in [4.69, 9.17) is 28.7 Å². The molecule has 0 unspecified atom stereocenters. The van der Waals surface area contributed by atoms with Gasteiger partial charge in [-0.3, -0.25) is 14.7 Å². The molecule has 15 atom stereocenters. The van der Waals surface area contributed by atoms with E-state index in [0.717, 1.165) is 5.71 Å². The van der Waals surface area contributed by atoms with Crippen LogP contribution in [-0.4, -0.2) is 132 Å². The van der Waals surface area contributed by atoms with Crippen molar-refractivity contribution in [2.45, 2.75) is 148 Å². The summed E-state index contributed by atoms with van der Waals surface area (Å²) < 4.78 is 31.4. The van der Waals surface area contributed by atoms with Gasteiger partial charge < -0.3 is 38.8 Å². The van der Waals surface area contributed by atoms with E-state index in [2.05, 4.69) is 13.8 Å². The van der Waals surface area contributed by atoms with Gasteiger partial charge in [0.2, 0.25) is 0 Å². The molecule has 0 saturated carbocycles. The van der Waals surface area contributed by atoms with Gasteiger partial charge in [0.1, 0.15) is 12.2 Å². The Labute approximate surface area is 275 Å². The number of carbonyl (C=O) groups excluding carboxylic acids is 2. The van der Waals surface area contributed by atoms with Crippen molar-refractivity contribution in [1.82, 2.24) is 9.80 Å². The zero-order chi connectivity index (χ0) is 34.5. The van der Waals surface area contributed by atoms with Crippen molar-refractivity contribution in [3.63, 3.8) is 0 Å². The Kier molecular flexibility index (Phi) is 11.2. The highest BCUT2D eigenvalue weighted by atomic mass is 16.7. The summed E-state index contributed by atoms with van der Waals surface area (Å²) in [6.45, 7) is 17.6. The molecule has 0 aromatic rings. The van der Waals surface area contributed by atoms with Crippen molar-refractivity contribution in [2.24, 2.45) is 28.7 Å². The second-order valence-electron chi connectivity index (χ2n) is 15.1. The van der Waals surface area contributed by atoms with Gasteiger partial charge in [-0.1, -0.05) is 27.7 Å². The number of nitrogens with zero attached hydrogens (tertiary/aromatic N) is 3. The third-order valence-corrected chi connectivity index (χ3v) is 11.2. The number of hydrogen-bond donors (Lipinski definition) is 2. The van der Waals surface area contributed by atoms with Gasteiger partial charge >= 0.3 is 12.1 Å². The lowest BCUT2D eigenvalue weighted by Crippen LogP contribution is -2.60. The van der Waals surface area contributed by atoms with Crippen molar-refractivity contribution < 1.29 is 43.5 Å². The van der Waals surface area contributed by atoms with Crippen LogP contribution in [-0.2, 0) is 28.5 Å². The first-order valence-corrected chi connectivity index (χ1v) is 17.1. The van der Waals surface area contributed by atoms with Crippen molar-refractivity contribution in [1.29, 1.82) is 0 Å². The Morgan fingerprint density at radius 1 is 1.04 bits per heavy atom. The van der Waals surface area contributed by atoms with Gasteiger partial charge in [0, 0.05) is 37.2 Å². The maximum absolute atomic E-state index is 13.8. The van der Waals surface area contributed by atoms with Crippen LogP contribution in [0.25, 0.3) is 0 Å². The van der Waals surface area contributed by atoms with Crippen molar-refractivity contribution in [2.75, 3.05) is 27.7 Å². The van der Waals surface area contributed by atoms with Crippen LogP contribution in [0.1, 0.15) is 81.6 Å². The average molecular weight is 654 g/mol. The summed E-state index contributed by atoms with van der Waals surface area (Å²) in [5.41, 5.74) is -1.22. The van der Waals surface area contributed by atoms with Crippen molar-refractivity contribution >= 4 is 17.8 Å². The predicted molar refractivity (Wildman–Crippen MR) is 172 cm³/mol. The van der Waals surface area contributed by atoms with Crippen molar-refractivity contribution in [3.8, 4) is 0 Å². The van der Waals surface area contributed by atoms with E-state index < -0.39 is 71.8 Å². The maximum Gasteiger partial charge on any atom is 0.411 e. The zero-order valence-electron chi connectivity index (χ0n) is 29.9. The maximum atomic E-state index is 13.8. The Morgan fingerprint density at radius 3 is 2.28 bits per heavy atom. The molecule has 0 radical (unpaired) electrons. The number of rotatable bonds is 5. The minimum Gasteiger partial charge on any atom is -0.458 e. The summed E-state index contributed by atoms with van der Waals surface area (Å²) in [5, 5.41) is 23.2. The summed E-state index contributed by atoms with van der Waals surface area (Å²) in [4.78, 5) is 36.0. The number of likely N-dealkylation sites (N-methyl/N-ethyl adjacent to an activating group) is 1. The minimum atomic E-state index is -1.19. The monoisotopic (exact) mass is 653 g/mol. The fraction of sp³-hybridized carbons (Fsp3) is 0.912. The first kappa shape index (κ1) is 37.0. The van der Waals surface area contributed by atoms with Gasteiger partial charge in [-0.05, 0) is 73.9 Å². The van der Waals surface area contributed by atoms with Crippen LogP contribution in [0, 0.1) is 23.7 Å². The molecule has 4 rings (SSSR count). The third kappa shape index (κ3) is 6.72. The van der Waals surface area contributed by atoms with Crippen LogP contribution in [0.2, 0.25) is 0 Å². The van der Waals surface area contributed by atoms with Crippen LogP contribution in [0.3, 0.4) is 0 Å². The average Bonchev–Trinajstić information content (AvgIpc) is 3.15. The van der Waals surface area contributed by atoms with E-state index >= 15 is 0 Å². The van der Waals surface area contributed by atoms with Gasteiger partial charge in [0.15, 0.2) is 11.9 Å². The molecule has 1 amide bonds. The van der Waals surface area contributed by atoms with Crippen LogP contribution in [0.5, 0.6) is 0 Å². The summed E-state index contributed by atoms with van der Waals surface area (Å²) in [6, 6.07) is -0.812. The smallest absolute Gasteiger partial charge is 0.411 e. The van der Waals surface area contributed by atoms with Gasteiger partial charge in [-0.25, -0.2) is 4.79 Å². The van der Waals surface area contributed by atoms with E-state index in [9.17, 15) is 19.8 Å². The van der Waals surface area contributed by atoms with Crippen LogP contribution in [0.15, 0.2) is 4.99 Å². The standard InChI is InChI=1S/C34H59N3O9/c1-13-24-34(9)28-20(5)25(35-18(3)16-37(28)32(41)46-34)17(2)15-33(8,42-12)29(21(6)26(38)22(7)30(40)44-24)45-31-27(39)23(36(10)11)14-19(4)43-31/h17-24,26-29,31,38-39H,13-16H2,1-12H3/t17-,18+,19-,20+,21+,22-,23+,24+,26+,27-,28-,29+,31+,33-,34-/m1/s1. The van der Waals surface area contributed by atoms with Crippen LogP contribution in [0.4, 0.5) is 4.79 Å². The second kappa shape index (κ2) is 14.0. The molecule has 3 fully saturated rings. The molecule has 0 spiro atoms.